The van der Waals surface area contributed by atoms with Crippen LogP contribution < -0.4 is 5.32 Å². The Kier molecular flexibility index (Phi) is 3.71. The van der Waals surface area contributed by atoms with Crippen LogP contribution in [0.15, 0.2) is 9.05 Å². The smallest absolute Gasteiger partial charge is 0.244 e. The Hall–Kier alpha value is -1.76. The molecule has 7 nitrogen and oxygen atoms in total. The molecule has 0 fully saturated rings. The van der Waals surface area contributed by atoms with E-state index in [0.717, 1.165) is 0 Å². The van der Waals surface area contributed by atoms with Crippen LogP contribution in [0.25, 0.3) is 0 Å². The second kappa shape index (κ2) is 5.26. The Balaban J connectivity index is 2.03. The maximum atomic E-state index is 5.19. The van der Waals surface area contributed by atoms with Crippen molar-refractivity contribution in [2.45, 2.75) is 40.3 Å². The van der Waals surface area contributed by atoms with E-state index < -0.39 is 0 Å². The molecule has 0 aliphatic rings. The van der Waals surface area contributed by atoms with E-state index in [2.05, 4.69) is 39.4 Å². The summed E-state index contributed by atoms with van der Waals surface area (Å²) < 4.78 is 10.1. The van der Waals surface area contributed by atoms with E-state index in [9.17, 15) is 0 Å². The van der Waals surface area contributed by atoms with Crippen molar-refractivity contribution in [3.05, 3.63) is 23.4 Å². The second-order valence-electron chi connectivity index (χ2n) is 4.51. The molecule has 0 aliphatic carbocycles. The topological polar surface area (TPSA) is 89.9 Å². The van der Waals surface area contributed by atoms with Gasteiger partial charge in [-0.2, -0.15) is 9.97 Å². The fourth-order valence-corrected chi connectivity index (χ4v) is 1.66. The summed E-state index contributed by atoms with van der Waals surface area (Å²) in [6.45, 7) is 8.23. The number of rotatable bonds is 5. The van der Waals surface area contributed by atoms with Gasteiger partial charge >= 0.3 is 0 Å². The molecule has 1 N–H and O–H groups in total. The van der Waals surface area contributed by atoms with Gasteiger partial charge in [-0.05, 0) is 12.8 Å². The zero-order valence-corrected chi connectivity index (χ0v) is 11.0. The molecule has 2 heterocycles. The van der Waals surface area contributed by atoms with Crippen molar-refractivity contribution in [3.8, 4) is 0 Å². The third-order valence-electron chi connectivity index (χ3n) is 2.53. The van der Waals surface area contributed by atoms with Crippen LogP contribution in [0, 0.1) is 19.8 Å². The van der Waals surface area contributed by atoms with Gasteiger partial charge in [0.2, 0.25) is 11.8 Å². The molecule has 0 aromatic carbocycles. The first-order valence-electron chi connectivity index (χ1n) is 5.89. The number of nitrogens with one attached hydrogen (secondary N) is 1. The summed E-state index contributed by atoms with van der Waals surface area (Å²) in [5.41, 5.74) is 0. The third-order valence-corrected chi connectivity index (χ3v) is 2.53. The van der Waals surface area contributed by atoms with E-state index in [1.807, 2.05) is 0 Å². The van der Waals surface area contributed by atoms with Gasteiger partial charge in [0.25, 0.3) is 0 Å². The zero-order valence-electron chi connectivity index (χ0n) is 11.0. The van der Waals surface area contributed by atoms with Crippen LogP contribution in [-0.4, -0.2) is 20.3 Å². The molecule has 0 spiro atoms. The molecule has 18 heavy (non-hydrogen) atoms. The fraction of sp³-hybridized carbons (Fsp3) is 0.636. The van der Waals surface area contributed by atoms with Crippen LogP contribution in [-0.2, 0) is 6.54 Å². The highest BCUT2D eigenvalue weighted by atomic mass is 16.5. The average molecular weight is 251 g/mol. The van der Waals surface area contributed by atoms with Crippen LogP contribution in [0.1, 0.15) is 43.3 Å². The van der Waals surface area contributed by atoms with Crippen LogP contribution in [0.3, 0.4) is 0 Å². The molecule has 0 bridgehead atoms. The van der Waals surface area contributed by atoms with Crippen molar-refractivity contribution in [2.24, 2.45) is 5.92 Å². The normalized spacial score (nSPS) is 13.2. The molecule has 0 aliphatic heterocycles. The summed E-state index contributed by atoms with van der Waals surface area (Å²) in [6.07, 6.45) is 0. The van der Waals surface area contributed by atoms with Gasteiger partial charge in [-0.25, -0.2) is 0 Å². The lowest BCUT2D eigenvalue weighted by atomic mass is 10.0. The predicted molar refractivity (Wildman–Crippen MR) is 62.5 cm³/mol. The summed E-state index contributed by atoms with van der Waals surface area (Å²) >= 11 is 0. The zero-order chi connectivity index (χ0) is 13.1. The van der Waals surface area contributed by atoms with Crippen molar-refractivity contribution in [1.82, 2.24) is 25.6 Å². The maximum absolute atomic E-state index is 5.19. The SMILES string of the molecule is Cc1noc([C@@H](NCc2noc(C)n2)C(C)C)n1. The van der Waals surface area contributed by atoms with Crippen molar-refractivity contribution >= 4 is 0 Å². The Morgan fingerprint density at radius 2 is 1.89 bits per heavy atom. The molecule has 98 valence electrons. The lowest BCUT2D eigenvalue weighted by molar-refractivity contribution is 0.284. The standard InChI is InChI=1S/C11H17N5O2/c1-6(2)10(11-13-7(3)15-18-11)12-5-9-14-8(4)17-16-9/h6,10,12H,5H2,1-4H3/t10-/m0/s1. The summed E-state index contributed by atoms with van der Waals surface area (Å²) in [5, 5.41) is 10.9. The molecule has 0 unspecified atom stereocenters. The first-order valence-corrected chi connectivity index (χ1v) is 5.89. The summed E-state index contributed by atoms with van der Waals surface area (Å²) in [5.74, 6) is 2.71. The Morgan fingerprint density at radius 1 is 1.11 bits per heavy atom. The van der Waals surface area contributed by atoms with Gasteiger partial charge < -0.3 is 9.05 Å². The summed E-state index contributed by atoms with van der Waals surface area (Å²) in [6, 6.07) is -0.0231. The van der Waals surface area contributed by atoms with Crippen molar-refractivity contribution in [2.75, 3.05) is 0 Å². The van der Waals surface area contributed by atoms with E-state index in [0.29, 0.717) is 35.9 Å². The maximum Gasteiger partial charge on any atom is 0.244 e. The number of aromatic nitrogens is 4. The Labute approximate surface area is 105 Å². The first kappa shape index (κ1) is 12.7. The fourth-order valence-electron chi connectivity index (χ4n) is 1.66. The largest absolute Gasteiger partial charge is 0.340 e. The minimum atomic E-state index is -0.0231. The lowest BCUT2D eigenvalue weighted by Gasteiger charge is -2.17. The molecule has 0 saturated heterocycles. The monoisotopic (exact) mass is 251 g/mol. The van der Waals surface area contributed by atoms with E-state index >= 15 is 0 Å². The van der Waals surface area contributed by atoms with Gasteiger partial charge in [0.05, 0.1) is 12.6 Å². The third kappa shape index (κ3) is 2.92. The van der Waals surface area contributed by atoms with Crippen LogP contribution in [0.5, 0.6) is 0 Å². The number of hydrogen-bond acceptors (Lipinski definition) is 7. The number of aryl methyl sites for hydroxylation is 2. The quantitative estimate of drug-likeness (QED) is 0.862. The predicted octanol–water partition coefficient (Wildman–Crippen LogP) is 1.56. The molecule has 2 aromatic heterocycles. The van der Waals surface area contributed by atoms with Gasteiger partial charge in [0, 0.05) is 6.92 Å². The van der Waals surface area contributed by atoms with Crippen molar-refractivity contribution < 1.29 is 9.05 Å². The van der Waals surface area contributed by atoms with Crippen molar-refractivity contribution in [1.29, 1.82) is 0 Å². The molecular formula is C11H17N5O2. The summed E-state index contributed by atoms with van der Waals surface area (Å²) in [7, 11) is 0. The first-order chi connectivity index (χ1) is 8.56. The van der Waals surface area contributed by atoms with Gasteiger partial charge in [-0.1, -0.05) is 24.2 Å². The van der Waals surface area contributed by atoms with Gasteiger partial charge in [0.15, 0.2) is 11.6 Å². The second-order valence-corrected chi connectivity index (χ2v) is 4.51. The highest BCUT2D eigenvalue weighted by molar-refractivity contribution is 4.94. The molecule has 2 rings (SSSR count). The molecule has 2 aromatic rings. The van der Waals surface area contributed by atoms with E-state index in [4.69, 9.17) is 9.05 Å². The molecule has 1 atom stereocenters. The minimum absolute atomic E-state index is 0.0231. The van der Waals surface area contributed by atoms with Gasteiger partial charge in [0.1, 0.15) is 0 Å². The molecule has 7 heteroatoms. The molecule has 0 radical (unpaired) electrons. The molecule has 0 saturated carbocycles. The van der Waals surface area contributed by atoms with Gasteiger partial charge in [-0.15, -0.1) is 0 Å². The minimum Gasteiger partial charge on any atom is -0.340 e. The number of nitrogens with zero attached hydrogens (tertiary/aromatic N) is 4. The van der Waals surface area contributed by atoms with Crippen LogP contribution in [0.4, 0.5) is 0 Å². The molecule has 0 amide bonds. The van der Waals surface area contributed by atoms with E-state index in [-0.39, 0.29) is 6.04 Å². The van der Waals surface area contributed by atoms with Gasteiger partial charge in [-0.3, -0.25) is 5.32 Å². The van der Waals surface area contributed by atoms with Crippen LogP contribution >= 0.6 is 0 Å². The highest BCUT2D eigenvalue weighted by Crippen LogP contribution is 2.20. The average Bonchev–Trinajstić information content (AvgIpc) is 2.88. The Morgan fingerprint density at radius 3 is 2.39 bits per heavy atom. The Bertz CT molecular complexity index is 505. The highest BCUT2D eigenvalue weighted by Gasteiger charge is 2.22. The van der Waals surface area contributed by atoms with E-state index in [1.54, 1.807) is 13.8 Å². The van der Waals surface area contributed by atoms with Crippen LogP contribution in [0.2, 0.25) is 0 Å². The number of hydrogen-bond donors (Lipinski definition) is 1. The van der Waals surface area contributed by atoms with E-state index in [1.165, 1.54) is 0 Å². The van der Waals surface area contributed by atoms with Crippen molar-refractivity contribution in [3.63, 3.8) is 0 Å². The summed E-state index contributed by atoms with van der Waals surface area (Å²) in [4.78, 5) is 8.38. The lowest BCUT2D eigenvalue weighted by Crippen LogP contribution is -2.26. The molecular weight excluding hydrogens is 234 g/mol.